The van der Waals surface area contributed by atoms with Crippen molar-refractivity contribution in [2.45, 2.75) is 13.0 Å². The van der Waals surface area contributed by atoms with Crippen LogP contribution in [-0.2, 0) is 17.8 Å². The minimum absolute atomic E-state index is 0.144. The van der Waals surface area contributed by atoms with Gasteiger partial charge in [-0.25, -0.2) is 0 Å². The van der Waals surface area contributed by atoms with E-state index in [0.717, 1.165) is 16.8 Å². The average molecular weight is 465 g/mol. The van der Waals surface area contributed by atoms with E-state index in [1.54, 1.807) is 23.1 Å². The second kappa shape index (κ2) is 8.68. The molecule has 1 aromatic heterocycles. The number of amides is 2. The van der Waals surface area contributed by atoms with Gasteiger partial charge in [0, 0.05) is 34.1 Å². The van der Waals surface area contributed by atoms with Crippen molar-refractivity contribution in [3.05, 3.63) is 74.4 Å². The van der Waals surface area contributed by atoms with Crippen molar-refractivity contribution in [2.75, 3.05) is 13.1 Å². The molecule has 154 valence electrons. The molecule has 0 atom stereocenters. The molecule has 4 rings (SSSR count). The maximum Gasteiger partial charge on any atom is 0.253 e. The molecule has 0 saturated carbocycles. The van der Waals surface area contributed by atoms with Crippen LogP contribution in [0.2, 0.25) is 15.1 Å². The lowest BCUT2D eigenvalue weighted by Gasteiger charge is -2.26. The SMILES string of the molecule is O=C(NCC(=O)N1CCc2noc(-c3ccc(Cl)cc3)c2C1)c1ccc(Cl)cc1Cl. The molecule has 2 amide bonds. The van der Waals surface area contributed by atoms with Crippen LogP contribution in [-0.4, -0.2) is 35.0 Å². The van der Waals surface area contributed by atoms with Crippen molar-refractivity contribution in [2.24, 2.45) is 0 Å². The fraction of sp³-hybridized carbons (Fsp3) is 0.190. The summed E-state index contributed by atoms with van der Waals surface area (Å²) >= 11 is 17.9. The number of rotatable bonds is 4. The number of fused-ring (bicyclic) bond motifs is 1. The number of aromatic nitrogens is 1. The van der Waals surface area contributed by atoms with Crippen molar-refractivity contribution in [3.8, 4) is 11.3 Å². The van der Waals surface area contributed by atoms with E-state index < -0.39 is 5.91 Å². The maximum atomic E-state index is 12.7. The fourth-order valence-corrected chi connectivity index (χ4v) is 3.91. The standard InChI is InChI=1S/C21H16Cl3N3O3/c22-13-3-1-12(2-4-13)20-16-11-27(8-7-18(16)26-30-20)19(28)10-25-21(29)15-6-5-14(23)9-17(15)24/h1-6,9H,7-8,10-11H2,(H,25,29). The molecule has 0 radical (unpaired) electrons. The van der Waals surface area contributed by atoms with Gasteiger partial charge in [-0.15, -0.1) is 0 Å². The van der Waals surface area contributed by atoms with Crippen LogP contribution in [0.5, 0.6) is 0 Å². The zero-order valence-corrected chi connectivity index (χ0v) is 17.9. The molecule has 6 nitrogen and oxygen atoms in total. The molecule has 1 aliphatic rings. The largest absolute Gasteiger partial charge is 0.356 e. The van der Waals surface area contributed by atoms with Gasteiger partial charge in [-0.05, 0) is 42.5 Å². The lowest BCUT2D eigenvalue weighted by molar-refractivity contribution is -0.131. The van der Waals surface area contributed by atoms with Crippen LogP contribution in [0.25, 0.3) is 11.3 Å². The Labute approximate surface area is 187 Å². The molecule has 0 bridgehead atoms. The van der Waals surface area contributed by atoms with E-state index in [-0.39, 0.29) is 23.0 Å². The van der Waals surface area contributed by atoms with Crippen LogP contribution >= 0.6 is 34.8 Å². The van der Waals surface area contributed by atoms with E-state index in [9.17, 15) is 9.59 Å². The first-order valence-corrected chi connectivity index (χ1v) is 10.3. The average Bonchev–Trinajstić information content (AvgIpc) is 3.15. The number of carbonyl (C=O) groups excluding carboxylic acids is 2. The van der Waals surface area contributed by atoms with Gasteiger partial charge in [0.05, 0.1) is 29.4 Å². The third-order valence-electron chi connectivity index (χ3n) is 4.87. The fourth-order valence-electron chi connectivity index (χ4n) is 3.29. The minimum atomic E-state index is -0.436. The number of hydrogen-bond donors (Lipinski definition) is 1. The number of carbonyl (C=O) groups is 2. The molecule has 30 heavy (non-hydrogen) atoms. The topological polar surface area (TPSA) is 75.4 Å². The van der Waals surface area contributed by atoms with Crippen LogP contribution in [0.1, 0.15) is 21.6 Å². The van der Waals surface area contributed by atoms with Gasteiger partial charge in [0.25, 0.3) is 5.91 Å². The Morgan fingerprint density at radius 1 is 1.07 bits per heavy atom. The van der Waals surface area contributed by atoms with Gasteiger partial charge in [0.15, 0.2) is 5.76 Å². The molecule has 0 unspecified atom stereocenters. The van der Waals surface area contributed by atoms with E-state index in [4.69, 9.17) is 39.3 Å². The molecular formula is C21H16Cl3N3O3. The highest BCUT2D eigenvalue weighted by atomic mass is 35.5. The van der Waals surface area contributed by atoms with Crippen LogP contribution in [0, 0.1) is 0 Å². The summed E-state index contributed by atoms with van der Waals surface area (Å²) in [6, 6.07) is 11.8. The van der Waals surface area contributed by atoms with Crippen molar-refractivity contribution < 1.29 is 14.1 Å². The number of benzene rings is 2. The van der Waals surface area contributed by atoms with Gasteiger partial charge in [-0.2, -0.15) is 0 Å². The van der Waals surface area contributed by atoms with Crippen molar-refractivity contribution in [3.63, 3.8) is 0 Å². The van der Waals surface area contributed by atoms with E-state index in [1.165, 1.54) is 12.1 Å². The van der Waals surface area contributed by atoms with E-state index >= 15 is 0 Å². The quantitative estimate of drug-likeness (QED) is 0.611. The second-order valence-electron chi connectivity index (χ2n) is 6.82. The maximum absolute atomic E-state index is 12.7. The Bertz CT molecular complexity index is 1110. The zero-order chi connectivity index (χ0) is 21.3. The normalized spacial score (nSPS) is 13.1. The molecule has 0 spiro atoms. The number of halogens is 3. The molecule has 2 heterocycles. The first-order chi connectivity index (χ1) is 14.4. The predicted molar refractivity (Wildman–Crippen MR) is 115 cm³/mol. The molecule has 2 aromatic carbocycles. The van der Waals surface area contributed by atoms with Gasteiger partial charge in [-0.3, -0.25) is 9.59 Å². The summed E-state index contributed by atoms with van der Waals surface area (Å²) in [5.41, 5.74) is 2.80. The summed E-state index contributed by atoms with van der Waals surface area (Å²) in [5.74, 6) is -0.0203. The second-order valence-corrected chi connectivity index (χ2v) is 8.10. The lowest BCUT2D eigenvalue weighted by atomic mass is 10.0. The molecule has 9 heteroatoms. The molecule has 3 aromatic rings. The number of nitrogens with zero attached hydrogens (tertiary/aromatic N) is 2. The van der Waals surface area contributed by atoms with Gasteiger partial charge >= 0.3 is 0 Å². The summed E-state index contributed by atoms with van der Waals surface area (Å²) < 4.78 is 5.52. The van der Waals surface area contributed by atoms with Crippen molar-refractivity contribution >= 4 is 46.6 Å². The summed E-state index contributed by atoms with van der Waals surface area (Å²) in [7, 11) is 0. The highest BCUT2D eigenvalue weighted by molar-refractivity contribution is 6.36. The van der Waals surface area contributed by atoms with Gasteiger partial charge < -0.3 is 14.7 Å². The third kappa shape index (κ3) is 4.31. The van der Waals surface area contributed by atoms with Crippen molar-refractivity contribution in [1.82, 2.24) is 15.4 Å². The minimum Gasteiger partial charge on any atom is -0.356 e. The summed E-state index contributed by atoms with van der Waals surface area (Å²) in [4.78, 5) is 26.7. The highest BCUT2D eigenvalue weighted by Gasteiger charge is 2.27. The van der Waals surface area contributed by atoms with Gasteiger partial charge in [0.1, 0.15) is 0 Å². The Kier molecular flexibility index (Phi) is 5.99. The van der Waals surface area contributed by atoms with Gasteiger partial charge in [0.2, 0.25) is 5.91 Å². The Morgan fingerprint density at radius 3 is 2.53 bits per heavy atom. The van der Waals surface area contributed by atoms with Crippen molar-refractivity contribution in [1.29, 1.82) is 0 Å². The molecule has 0 fully saturated rings. The van der Waals surface area contributed by atoms with Gasteiger partial charge in [-0.1, -0.05) is 40.0 Å². The first kappa shape index (κ1) is 20.7. The van der Waals surface area contributed by atoms with E-state index in [2.05, 4.69) is 10.5 Å². The molecular weight excluding hydrogens is 449 g/mol. The summed E-state index contributed by atoms with van der Waals surface area (Å²) in [5, 5.41) is 8.04. The number of hydrogen-bond acceptors (Lipinski definition) is 4. The van der Waals surface area contributed by atoms with Crippen LogP contribution in [0.4, 0.5) is 0 Å². The Hall–Kier alpha value is -2.54. The van der Waals surface area contributed by atoms with Crippen LogP contribution < -0.4 is 5.32 Å². The number of nitrogens with one attached hydrogen (secondary N) is 1. The lowest BCUT2D eigenvalue weighted by Crippen LogP contribution is -2.42. The van der Waals surface area contributed by atoms with Crippen LogP contribution in [0.3, 0.4) is 0 Å². The summed E-state index contributed by atoms with van der Waals surface area (Å²) in [6.45, 7) is 0.706. The summed E-state index contributed by atoms with van der Waals surface area (Å²) in [6.07, 6.45) is 0.578. The zero-order valence-electron chi connectivity index (χ0n) is 15.6. The molecule has 0 aliphatic carbocycles. The monoisotopic (exact) mass is 463 g/mol. The first-order valence-electron chi connectivity index (χ1n) is 9.17. The van der Waals surface area contributed by atoms with E-state index in [0.29, 0.717) is 35.3 Å². The molecule has 0 saturated heterocycles. The Balaban J connectivity index is 1.43. The van der Waals surface area contributed by atoms with Crippen LogP contribution in [0.15, 0.2) is 47.0 Å². The predicted octanol–water partition coefficient (Wildman–Crippen LogP) is 4.62. The van der Waals surface area contributed by atoms with E-state index in [1.807, 2.05) is 12.1 Å². The highest BCUT2D eigenvalue weighted by Crippen LogP contribution is 2.31. The molecule has 1 N–H and O–H groups in total. The smallest absolute Gasteiger partial charge is 0.253 e. The Morgan fingerprint density at radius 2 is 1.80 bits per heavy atom. The molecule has 1 aliphatic heterocycles. The third-order valence-corrected chi connectivity index (χ3v) is 5.67.